The van der Waals surface area contributed by atoms with Gasteiger partial charge in [-0.2, -0.15) is 0 Å². The van der Waals surface area contributed by atoms with Crippen LogP contribution in [-0.4, -0.2) is 11.1 Å². The maximum absolute atomic E-state index is 9.81. The molecule has 0 aromatic carbocycles. The minimum atomic E-state index is 0.498. The van der Waals surface area contributed by atoms with E-state index in [1.807, 2.05) is 13.8 Å². The molecule has 0 aliphatic rings. The lowest BCUT2D eigenvalue weighted by Crippen LogP contribution is -1.66. The third-order valence-electron chi connectivity index (χ3n) is 1.03. The van der Waals surface area contributed by atoms with Gasteiger partial charge in [0, 0.05) is 4.88 Å². The molecule has 4 heteroatoms. The summed E-state index contributed by atoms with van der Waals surface area (Å²) in [5, 5.41) is 0.923. The third kappa shape index (κ3) is 1.29. The molecule has 1 aromatic rings. The van der Waals surface area contributed by atoms with Crippen LogP contribution in [0.25, 0.3) is 0 Å². The van der Waals surface area contributed by atoms with Gasteiger partial charge >= 0.3 is 0 Å². The molecule has 0 bridgehead atoms. The highest BCUT2D eigenvalue weighted by atomic mass is 32.1. The van der Waals surface area contributed by atoms with E-state index < -0.39 is 0 Å². The zero-order valence-electron chi connectivity index (χ0n) is 5.71. The molecule has 0 amide bonds. The van der Waals surface area contributed by atoms with Gasteiger partial charge in [0.05, 0.1) is 5.01 Å². The van der Waals surface area contributed by atoms with Crippen LogP contribution < -0.4 is 0 Å². The van der Waals surface area contributed by atoms with Crippen molar-refractivity contribution in [3.8, 4) is 0 Å². The fraction of sp³-hybridized carbons (Fsp3) is 0.333. The fourth-order valence-electron chi connectivity index (χ4n) is 0.665. The molecule has 0 radical (unpaired) electrons. The molecule has 1 aromatic heterocycles. The topological polar surface area (TPSA) is 42.3 Å². The molecule has 52 valence electrons. The highest BCUT2D eigenvalue weighted by molar-refractivity contribution is 7.11. The molecule has 0 spiro atoms. The van der Waals surface area contributed by atoms with Crippen molar-refractivity contribution in [1.82, 2.24) is 4.98 Å². The molecular formula is C6H6N2OS. The molecular weight excluding hydrogens is 148 g/mol. The smallest absolute Gasteiger partial charge is 0.221 e. The van der Waals surface area contributed by atoms with Crippen molar-refractivity contribution >= 4 is 23.2 Å². The molecule has 0 saturated heterocycles. The van der Waals surface area contributed by atoms with Gasteiger partial charge < -0.3 is 0 Å². The summed E-state index contributed by atoms with van der Waals surface area (Å²) in [4.78, 5) is 18.2. The SMILES string of the molecule is Cc1nc(N=C=O)c(C)s1. The Hall–Kier alpha value is -0.990. The minimum Gasteiger partial charge on any atom is -0.221 e. The molecule has 0 unspecified atom stereocenters. The van der Waals surface area contributed by atoms with Gasteiger partial charge in [0.15, 0.2) is 5.82 Å². The van der Waals surface area contributed by atoms with E-state index in [4.69, 9.17) is 0 Å². The van der Waals surface area contributed by atoms with E-state index in [0.717, 1.165) is 9.88 Å². The van der Waals surface area contributed by atoms with E-state index in [1.165, 1.54) is 17.4 Å². The molecule has 0 fully saturated rings. The van der Waals surface area contributed by atoms with Gasteiger partial charge in [0.25, 0.3) is 0 Å². The van der Waals surface area contributed by atoms with E-state index in [2.05, 4.69) is 9.98 Å². The number of rotatable bonds is 1. The summed E-state index contributed by atoms with van der Waals surface area (Å²) < 4.78 is 0. The molecule has 10 heavy (non-hydrogen) atoms. The number of isocyanates is 1. The molecule has 1 rings (SSSR count). The van der Waals surface area contributed by atoms with Gasteiger partial charge in [-0.15, -0.1) is 16.3 Å². The van der Waals surface area contributed by atoms with Gasteiger partial charge in [-0.3, -0.25) is 0 Å². The first-order valence-electron chi connectivity index (χ1n) is 2.76. The Morgan fingerprint density at radius 3 is 2.70 bits per heavy atom. The van der Waals surface area contributed by atoms with Crippen molar-refractivity contribution in [3.63, 3.8) is 0 Å². The first-order valence-corrected chi connectivity index (χ1v) is 3.57. The van der Waals surface area contributed by atoms with Crippen molar-refractivity contribution < 1.29 is 4.79 Å². The van der Waals surface area contributed by atoms with Gasteiger partial charge in [-0.25, -0.2) is 9.78 Å². The highest BCUT2D eigenvalue weighted by Gasteiger charge is 2.00. The number of aromatic nitrogens is 1. The molecule has 3 nitrogen and oxygen atoms in total. The van der Waals surface area contributed by atoms with Crippen LogP contribution >= 0.6 is 11.3 Å². The van der Waals surface area contributed by atoms with E-state index in [1.54, 1.807) is 0 Å². The molecule has 0 aliphatic heterocycles. The lowest BCUT2D eigenvalue weighted by atomic mass is 10.6. The second-order valence-electron chi connectivity index (χ2n) is 1.82. The first-order chi connectivity index (χ1) is 4.74. The van der Waals surface area contributed by atoms with Crippen molar-refractivity contribution in [1.29, 1.82) is 0 Å². The van der Waals surface area contributed by atoms with Crippen LogP contribution in [0.4, 0.5) is 5.82 Å². The predicted molar refractivity (Wildman–Crippen MR) is 39.4 cm³/mol. The summed E-state index contributed by atoms with van der Waals surface area (Å²) >= 11 is 1.53. The number of hydrogen-bond donors (Lipinski definition) is 0. The number of aliphatic imine (C=N–C) groups is 1. The van der Waals surface area contributed by atoms with Crippen LogP contribution in [0.2, 0.25) is 0 Å². The standard InChI is InChI=1S/C6H6N2OS/c1-4-6(7-3-9)8-5(2)10-4/h1-2H3. The average molecular weight is 154 g/mol. The zero-order chi connectivity index (χ0) is 7.56. The van der Waals surface area contributed by atoms with Crippen LogP contribution in [0.1, 0.15) is 9.88 Å². The van der Waals surface area contributed by atoms with Crippen LogP contribution in [0.15, 0.2) is 4.99 Å². The zero-order valence-corrected chi connectivity index (χ0v) is 6.53. The fourth-order valence-corrected chi connectivity index (χ4v) is 1.42. The van der Waals surface area contributed by atoms with Crippen molar-refractivity contribution in [2.24, 2.45) is 4.99 Å². The Kier molecular flexibility index (Phi) is 1.94. The number of nitrogens with zero attached hydrogens (tertiary/aromatic N) is 2. The first kappa shape index (κ1) is 7.12. The predicted octanol–water partition coefficient (Wildman–Crippen LogP) is 1.73. The van der Waals surface area contributed by atoms with Gasteiger partial charge in [0.2, 0.25) is 6.08 Å². The van der Waals surface area contributed by atoms with E-state index in [9.17, 15) is 4.79 Å². The maximum Gasteiger partial charge on any atom is 0.242 e. The van der Waals surface area contributed by atoms with Crippen LogP contribution in [0.3, 0.4) is 0 Å². The van der Waals surface area contributed by atoms with E-state index in [-0.39, 0.29) is 0 Å². The Morgan fingerprint density at radius 2 is 2.30 bits per heavy atom. The monoisotopic (exact) mass is 154 g/mol. The van der Waals surface area contributed by atoms with E-state index >= 15 is 0 Å². The number of hydrogen-bond acceptors (Lipinski definition) is 4. The summed E-state index contributed by atoms with van der Waals surface area (Å²) in [6.45, 7) is 3.75. The highest BCUT2D eigenvalue weighted by Crippen LogP contribution is 2.22. The normalized spacial score (nSPS) is 9.00. The average Bonchev–Trinajstić information content (AvgIpc) is 2.13. The molecule has 0 aliphatic carbocycles. The maximum atomic E-state index is 9.81. The third-order valence-corrected chi connectivity index (χ3v) is 1.91. The summed E-state index contributed by atoms with van der Waals surface area (Å²) in [6.07, 6.45) is 1.46. The second-order valence-corrected chi connectivity index (χ2v) is 3.22. The summed E-state index contributed by atoms with van der Waals surface area (Å²) in [7, 11) is 0. The van der Waals surface area contributed by atoms with E-state index in [0.29, 0.717) is 5.82 Å². The van der Waals surface area contributed by atoms with Crippen LogP contribution in [-0.2, 0) is 4.79 Å². The van der Waals surface area contributed by atoms with Gasteiger partial charge in [0.1, 0.15) is 0 Å². The Labute approximate surface area is 62.4 Å². The lowest BCUT2D eigenvalue weighted by Gasteiger charge is -1.78. The summed E-state index contributed by atoms with van der Waals surface area (Å²) in [6, 6.07) is 0. The molecule has 1 heterocycles. The largest absolute Gasteiger partial charge is 0.242 e. The Balaban J connectivity index is 3.14. The summed E-state index contributed by atoms with van der Waals surface area (Å²) in [5.41, 5.74) is 0. The molecule has 0 saturated carbocycles. The summed E-state index contributed by atoms with van der Waals surface area (Å²) in [5.74, 6) is 0.498. The van der Waals surface area contributed by atoms with Crippen molar-refractivity contribution in [3.05, 3.63) is 9.88 Å². The number of carbonyl (C=O) groups excluding carboxylic acids is 1. The number of thiazole rings is 1. The van der Waals surface area contributed by atoms with Crippen molar-refractivity contribution in [2.75, 3.05) is 0 Å². The van der Waals surface area contributed by atoms with Crippen LogP contribution in [0, 0.1) is 13.8 Å². The van der Waals surface area contributed by atoms with Crippen molar-refractivity contribution in [2.45, 2.75) is 13.8 Å². The molecule has 0 N–H and O–H groups in total. The number of aryl methyl sites for hydroxylation is 2. The molecule has 0 atom stereocenters. The lowest BCUT2D eigenvalue weighted by molar-refractivity contribution is 0.565. The van der Waals surface area contributed by atoms with Gasteiger partial charge in [-0.1, -0.05) is 0 Å². The second kappa shape index (κ2) is 2.73. The Morgan fingerprint density at radius 1 is 1.60 bits per heavy atom. The minimum absolute atomic E-state index is 0.498. The quantitative estimate of drug-likeness (QED) is 0.456. The Bertz CT molecular complexity index is 286. The van der Waals surface area contributed by atoms with Crippen LogP contribution in [0.5, 0.6) is 0 Å². The van der Waals surface area contributed by atoms with Gasteiger partial charge in [-0.05, 0) is 13.8 Å².